The van der Waals surface area contributed by atoms with Crippen LogP contribution in [0.1, 0.15) is 31.3 Å². The predicted octanol–water partition coefficient (Wildman–Crippen LogP) is 1.13. The van der Waals surface area contributed by atoms with E-state index in [-0.39, 0.29) is 11.4 Å². The maximum absolute atomic E-state index is 11.9. The molecule has 1 N–H and O–H groups in total. The quantitative estimate of drug-likeness (QED) is 0.865. The Labute approximate surface area is 106 Å². The Morgan fingerprint density at radius 2 is 2.11 bits per heavy atom. The molecule has 2 rings (SSSR count). The fourth-order valence-electron chi connectivity index (χ4n) is 1.52. The molecule has 96 valence electrons. The van der Waals surface area contributed by atoms with Gasteiger partial charge in [-0.2, -0.15) is 10.2 Å². The van der Waals surface area contributed by atoms with Gasteiger partial charge in [0, 0.05) is 18.8 Å². The molecule has 0 fully saturated rings. The van der Waals surface area contributed by atoms with Gasteiger partial charge in [0.1, 0.15) is 5.69 Å². The molecule has 0 aliphatic carbocycles. The van der Waals surface area contributed by atoms with Crippen molar-refractivity contribution in [3.63, 3.8) is 0 Å². The minimum absolute atomic E-state index is 0.176. The molecule has 0 bridgehead atoms. The first-order valence-corrected chi connectivity index (χ1v) is 5.72. The molecule has 0 unspecified atom stereocenters. The van der Waals surface area contributed by atoms with E-state index in [1.165, 1.54) is 0 Å². The molecule has 18 heavy (non-hydrogen) atoms. The van der Waals surface area contributed by atoms with Gasteiger partial charge >= 0.3 is 0 Å². The Kier molecular flexibility index (Phi) is 2.94. The van der Waals surface area contributed by atoms with Crippen molar-refractivity contribution in [2.75, 3.05) is 0 Å². The second-order valence-corrected chi connectivity index (χ2v) is 5.22. The highest BCUT2D eigenvalue weighted by molar-refractivity contribution is 5.92. The van der Waals surface area contributed by atoms with Gasteiger partial charge in [-0.05, 0) is 26.8 Å². The number of aromatic nitrogens is 4. The number of hydrogen-bond acceptors (Lipinski definition) is 3. The number of nitrogens with zero attached hydrogens (tertiary/aromatic N) is 4. The normalized spacial score (nSPS) is 11.6. The maximum Gasteiger partial charge on any atom is 0.272 e. The van der Waals surface area contributed by atoms with Gasteiger partial charge in [0.2, 0.25) is 0 Å². The minimum atomic E-state index is -0.269. The molecule has 0 aliphatic heterocycles. The van der Waals surface area contributed by atoms with Gasteiger partial charge in [-0.3, -0.25) is 9.48 Å². The molecule has 2 aromatic rings. The molecule has 0 saturated carbocycles. The number of nitrogens with one attached hydrogen (secondary N) is 1. The van der Waals surface area contributed by atoms with Crippen molar-refractivity contribution in [1.29, 1.82) is 0 Å². The summed E-state index contributed by atoms with van der Waals surface area (Å²) in [6.45, 7) is 5.80. The molecule has 0 atom stereocenters. The summed E-state index contributed by atoms with van der Waals surface area (Å²) in [7, 11) is 1.83. The molecule has 2 aromatic heterocycles. The summed E-state index contributed by atoms with van der Waals surface area (Å²) in [5.74, 6) is -0.176. The Bertz CT molecular complexity index is 561. The predicted molar refractivity (Wildman–Crippen MR) is 67.5 cm³/mol. The van der Waals surface area contributed by atoms with Crippen LogP contribution >= 0.6 is 0 Å². The van der Waals surface area contributed by atoms with Crippen molar-refractivity contribution < 1.29 is 4.79 Å². The summed E-state index contributed by atoms with van der Waals surface area (Å²) in [6, 6.07) is 1.69. The first kappa shape index (κ1) is 12.3. The Morgan fingerprint density at radius 1 is 1.39 bits per heavy atom. The number of aryl methyl sites for hydroxylation is 1. The fraction of sp³-hybridized carbons (Fsp3) is 0.417. The van der Waals surface area contributed by atoms with Crippen molar-refractivity contribution in [2.24, 2.45) is 7.05 Å². The summed E-state index contributed by atoms with van der Waals surface area (Å²) in [4.78, 5) is 11.9. The second-order valence-electron chi connectivity index (χ2n) is 5.22. The average molecular weight is 247 g/mol. The van der Waals surface area contributed by atoms with Crippen LogP contribution in [0.5, 0.6) is 0 Å². The smallest absolute Gasteiger partial charge is 0.272 e. The lowest BCUT2D eigenvalue weighted by atomic mass is 10.1. The lowest BCUT2D eigenvalue weighted by molar-refractivity contribution is 0.0914. The number of amides is 1. The molecule has 0 saturated heterocycles. The summed E-state index contributed by atoms with van der Waals surface area (Å²) in [5, 5.41) is 11.2. The molecule has 0 spiro atoms. The topological polar surface area (TPSA) is 64.7 Å². The van der Waals surface area contributed by atoms with Crippen LogP contribution < -0.4 is 5.32 Å². The van der Waals surface area contributed by atoms with Crippen molar-refractivity contribution in [3.05, 3.63) is 30.4 Å². The van der Waals surface area contributed by atoms with Gasteiger partial charge in [-0.25, -0.2) is 4.68 Å². The summed E-state index contributed by atoms with van der Waals surface area (Å²) in [6.07, 6.45) is 5.27. The van der Waals surface area contributed by atoms with E-state index >= 15 is 0 Å². The zero-order chi connectivity index (χ0) is 13.3. The molecular formula is C12H17N5O. The summed E-state index contributed by atoms with van der Waals surface area (Å²) in [5.41, 5.74) is 0.955. The standard InChI is InChI=1S/C12H17N5O/c1-12(2,3)14-11(18)10-5-6-17(15-10)9-7-13-16(4)8-9/h5-8H,1-4H3,(H,14,18). The van der Waals surface area contributed by atoms with Crippen LogP contribution in [-0.4, -0.2) is 31.0 Å². The SMILES string of the molecule is Cn1cc(-n2ccc(C(=O)NC(C)(C)C)n2)cn1. The molecular weight excluding hydrogens is 230 g/mol. The Morgan fingerprint density at radius 3 is 2.67 bits per heavy atom. The highest BCUT2D eigenvalue weighted by atomic mass is 16.2. The number of rotatable bonds is 2. The highest BCUT2D eigenvalue weighted by Gasteiger charge is 2.17. The third-order valence-electron chi connectivity index (χ3n) is 2.27. The van der Waals surface area contributed by atoms with Crippen LogP contribution in [0.3, 0.4) is 0 Å². The van der Waals surface area contributed by atoms with Crippen LogP contribution in [0.25, 0.3) is 5.69 Å². The fourth-order valence-corrected chi connectivity index (χ4v) is 1.52. The average Bonchev–Trinajstić information content (AvgIpc) is 2.82. The zero-order valence-corrected chi connectivity index (χ0v) is 11.0. The second kappa shape index (κ2) is 4.29. The van der Waals surface area contributed by atoms with Gasteiger partial charge in [0.05, 0.1) is 12.4 Å². The van der Waals surface area contributed by atoms with E-state index in [0.29, 0.717) is 5.69 Å². The van der Waals surface area contributed by atoms with Crippen LogP contribution in [0, 0.1) is 0 Å². The molecule has 2 heterocycles. The monoisotopic (exact) mass is 247 g/mol. The van der Waals surface area contributed by atoms with Gasteiger partial charge in [0.25, 0.3) is 5.91 Å². The molecule has 0 radical (unpaired) electrons. The van der Waals surface area contributed by atoms with Crippen molar-refractivity contribution in [1.82, 2.24) is 24.9 Å². The van der Waals surface area contributed by atoms with E-state index in [2.05, 4.69) is 15.5 Å². The van der Waals surface area contributed by atoms with Gasteiger partial charge in [-0.15, -0.1) is 0 Å². The first-order chi connectivity index (χ1) is 8.35. The molecule has 0 aliphatic rings. The highest BCUT2D eigenvalue weighted by Crippen LogP contribution is 2.07. The summed E-state index contributed by atoms with van der Waals surface area (Å²) >= 11 is 0. The Hall–Kier alpha value is -2.11. The lowest BCUT2D eigenvalue weighted by Gasteiger charge is -2.19. The van der Waals surface area contributed by atoms with E-state index in [9.17, 15) is 4.79 Å². The molecule has 1 amide bonds. The number of hydrogen-bond donors (Lipinski definition) is 1. The largest absolute Gasteiger partial charge is 0.346 e. The third-order valence-corrected chi connectivity index (χ3v) is 2.27. The zero-order valence-electron chi connectivity index (χ0n) is 11.0. The van der Waals surface area contributed by atoms with E-state index in [1.54, 1.807) is 27.8 Å². The van der Waals surface area contributed by atoms with Crippen molar-refractivity contribution in [2.45, 2.75) is 26.3 Å². The van der Waals surface area contributed by atoms with Crippen LogP contribution in [0.4, 0.5) is 0 Å². The third kappa shape index (κ3) is 2.77. The summed E-state index contributed by atoms with van der Waals surface area (Å²) < 4.78 is 3.32. The van der Waals surface area contributed by atoms with Gasteiger partial charge < -0.3 is 5.32 Å². The van der Waals surface area contributed by atoms with Crippen LogP contribution in [0.2, 0.25) is 0 Å². The van der Waals surface area contributed by atoms with Gasteiger partial charge in [0.15, 0.2) is 5.69 Å². The minimum Gasteiger partial charge on any atom is -0.346 e. The van der Waals surface area contributed by atoms with Crippen LogP contribution in [0.15, 0.2) is 24.7 Å². The lowest BCUT2D eigenvalue weighted by Crippen LogP contribution is -2.40. The van der Waals surface area contributed by atoms with E-state index in [0.717, 1.165) is 5.69 Å². The van der Waals surface area contributed by atoms with E-state index in [1.807, 2.05) is 34.0 Å². The van der Waals surface area contributed by atoms with E-state index in [4.69, 9.17) is 0 Å². The first-order valence-electron chi connectivity index (χ1n) is 5.72. The molecule has 6 heteroatoms. The molecule has 0 aromatic carbocycles. The van der Waals surface area contributed by atoms with Crippen molar-refractivity contribution in [3.8, 4) is 5.69 Å². The van der Waals surface area contributed by atoms with Crippen LogP contribution in [-0.2, 0) is 7.05 Å². The Balaban J connectivity index is 2.18. The van der Waals surface area contributed by atoms with Gasteiger partial charge in [-0.1, -0.05) is 0 Å². The van der Waals surface area contributed by atoms with Crippen molar-refractivity contribution >= 4 is 5.91 Å². The number of carbonyl (C=O) groups excluding carboxylic acids is 1. The molecule has 6 nitrogen and oxygen atoms in total. The number of carbonyl (C=O) groups is 1. The maximum atomic E-state index is 11.9. The van der Waals surface area contributed by atoms with E-state index < -0.39 is 0 Å².